The minimum atomic E-state index is -0.00141. The van der Waals surface area contributed by atoms with Crippen molar-refractivity contribution in [3.05, 3.63) is 29.8 Å². The molecule has 5 heteroatoms. The second kappa shape index (κ2) is 8.20. The van der Waals surface area contributed by atoms with Crippen LogP contribution in [0.25, 0.3) is 6.08 Å². The lowest BCUT2D eigenvalue weighted by molar-refractivity contribution is -0.137. The van der Waals surface area contributed by atoms with Gasteiger partial charge in [0, 0.05) is 19.2 Å². The maximum absolute atomic E-state index is 12.4. The van der Waals surface area contributed by atoms with Crippen LogP contribution in [0, 0.1) is 0 Å². The summed E-state index contributed by atoms with van der Waals surface area (Å²) in [4.78, 5) is 14.2. The Kier molecular flexibility index (Phi) is 6.26. The van der Waals surface area contributed by atoms with E-state index in [1.807, 2.05) is 50.8 Å². The Balaban J connectivity index is 2.06. The average Bonchev–Trinajstić information content (AvgIpc) is 2.52. The predicted molar refractivity (Wildman–Crippen MR) is 94.4 cm³/mol. The van der Waals surface area contributed by atoms with Crippen LogP contribution < -0.4 is 9.47 Å². The largest absolute Gasteiger partial charge is 0.493 e. The first-order valence-corrected chi connectivity index (χ1v) is 8.36. The van der Waals surface area contributed by atoms with Gasteiger partial charge in [0.2, 0.25) is 5.91 Å². The van der Waals surface area contributed by atoms with Crippen molar-refractivity contribution < 1.29 is 19.0 Å². The first kappa shape index (κ1) is 18.3. The molecule has 0 aliphatic carbocycles. The van der Waals surface area contributed by atoms with E-state index in [1.165, 1.54) is 0 Å². The fourth-order valence-electron chi connectivity index (χ4n) is 2.77. The molecule has 2 unspecified atom stereocenters. The van der Waals surface area contributed by atoms with Crippen LogP contribution in [0.5, 0.6) is 11.5 Å². The number of hydrogen-bond acceptors (Lipinski definition) is 4. The Morgan fingerprint density at radius 1 is 1.25 bits per heavy atom. The molecule has 0 bridgehead atoms. The molecule has 1 aliphatic rings. The van der Waals surface area contributed by atoms with E-state index in [0.29, 0.717) is 24.6 Å². The Morgan fingerprint density at radius 3 is 2.50 bits per heavy atom. The number of nitrogens with zero attached hydrogens (tertiary/aromatic N) is 1. The van der Waals surface area contributed by atoms with Gasteiger partial charge in [0.05, 0.1) is 25.4 Å². The van der Waals surface area contributed by atoms with E-state index in [9.17, 15) is 4.79 Å². The van der Waals surface area contributed by atoms with Gasteiger partial charge in [0.1, 0.15) is 0 Å². The van der Waals surface area contributed by atoms with Gasteiger partial charge in [0.15, 0.2) is 11.5 Å². The number of methoxy groups -OCH3 is 1. The summed E-state index contributed by atoms with van der Waals surface area (Å²) in [6.45, 7) is 9.15. The van der Waals surface area contributed by atoms with Crippen LogP contribution in [0.4, 0.5) is 0 Å². The zero-order valence-corrected chi connectivity index (χ0v) is 15.1. The third kappa shape index (κ3) is 4.99. The monoisotopic (exact) mass is 333 g/mol. The number of amides is 1. The Bertz CT molecular complexity index is 587. The molecule has 2 atom stereocenters. The van der Waals surface area contributed by atoms with Crippen molar-refractivity contribution in [3.63, 3.8) is 0 Å². The fourth-order valence-corrected chi connectivity index (χ4v) is 2.77. The topological polar surface area (TPSA) is 48.0 Å². The number of carbonyl (C=O) groups is 1. The zero-order valence-electron chi connectivity index (χ0n) is 15.1. The molecular weight excluding hydrogens is 306 g/mol. The quantitative estimate of drug-likeness (QED) is 0.777. The molecule has 0 saturated carbocycles. The second-order valence-corrected chi connectivity index (χ2v) is 6.41. The molecule has 0 aromatic heterocycles. The van der Waals surface area contributed by atoms with Crippen LogP contribution in [0.1, 0.15) is 33.3 Å². The third-order valence-corrected chi connectivity index (χ3v) is 3.70. The number of carbonyl (C=O) groups excluding carboxylic acids is 1. The van der Waals surface area contributed by atoms with Gasteiger partial charge in [-0.1, -0.05) is 6.07 Å². The van der Waals surface area contributed by atoms with Crippen LogP contribution in [0.15, 0.2) is 24.3 Å². The van der Waals surface area contributed by atoms with Crippen molar-refractivity contribution in [3.8, 4) is 11.5 Å². The molecule has 1 aromatic rings. The number of rotatable bonds is 5. The molecule has 1 saturated heterocycles. The highest BCUT2D eigenvalue weighted by Gasteiger charge is 2.24. The highest BCUT2D eigenvalue weighted by atomic mass is 16.5. The van der Waals surface area contributed by atoms with Crippen molar-refractivity contribution in [2.45, 2.75) is 46.0 Å². The lowest BCUT2D eigenvalue weighted by Crippen LogP contribution is -2.47. The molecule has 132 valence electrons. The van der Waals surface area contributed by atoms with Gasteiger partial charge < -0.3 is 19.1 Å². The van der Waals surface area contributed by atoms with Crippen molar-refractivity contribution in [2.24, 2.45) is 0 Å². The molecule has 0 N–H and O–H groups in total. The summed E-state index contributed by atoms with van der Waals surface area (Å²) in [5.41, 5.74) is 0.894. The van der Waals surface area contributed by atoms with E-state index < -0.39 is 0 Å². The average molecular weight is 333 g/mol. The van der Waals surface area contributed by atoms with Crippen molar-refractivity contribution >= 4 is 12.0 Å². The van der Waals surface area contributed by atoms with Crippen molar-refractivity contribution in [2.75, 3.05) is 20.2 Å². The highest BCUT2D eigenvalue weighted by Crippen LogP contribution is 2.29. The van der Waals surface area contributed by atoms with Gasteiger partial charge in [-0.25, -0.2) is 0 Å². The summed E-state index contributed by atoms with van der Waals surface area (Å²) < 4.78 is 16.7. The molecule has 24 heavy (non-hydrogen) atoms. The highest BCUT2D eigenvalue weighted by molar-refractivity contribution is 5.92. The van der Waals surface area contributed by atoms with Gasteiger partial charge >= 0.3 is 0 Å². The van der Waals surface area contributed by atoms with Gasteiger partial charge in [-0.15, -0.1) is 0 Å². The molecule has 1 fully saturated rings. The molecule has 2 rings (SSSR count). The number of morpholine rings is 1. The predicted octanol–water partition coefficient (Wildman–Crippen LogP) is 3.13. The molecule has 0 spiro atoms. The molecule has 1 aliphatic heterocycles. The summed E-state index contributed by atoms with van der Waals surface area (Å²) >= 11 is 0. The number of benzene rings is 1. The Morgan fingerprint density at radius 2 is 1.92 bits per heavy atom. The first-order valence-electron chi connectivity index (χ1n) is 8.36. The summed E-state index contributed by atoms with van der Waals surface area (Å²) in [6, 6.07) is 5.64. The minimum Gasteiger partial charge on any atom is -0.493 e. The molecule has 1 amide bonds. The number of ether oxygens (including phenoxy) is 3. The Labute approximate surface area is 144 Å². The third-order valence-electron chi connectivity index (χ3n) is 3.70. The van der Waals surface area contributed by atoms with E-state index in [0.717, 1.165) is 5.56 Å². The van der Waals surface area contributed by atoms with Crippen LogP contribution in [0.3, 0.4) is 0 Å². The maximum atomic E-state index is 12.4. The number of hydrogen-bond donors (Lipinski definition) is 0. The smallest absolute Gasteiger partial charge is 0.246 e. The van der Waals surface area contributed by atoms with Gasteiger partial charge in [-0.2, -0.15) is 0 Å². The standard InChI is InChI=1S/C19H27NO4/c1-13(2)23-17-8-6-16(10-18(17)22-5)7-9-19(21)20-11-14(3)24-15(4)12-20/h6-10,13-15H,11-12H2,1-5H3/b9-7+. The summed E-state index contributed by atoms with van der Waals surface area (Å²) in [6.07, 6.45) is 3.61. The van der Waals surface area contributed by atoms with E-state index in [1.54, 1.807) is 19.3 Å². The van der Waals surface area contributed by atoms with Crippen LogP contribution in [-0.4, -0.2) is 49.3 Å². The van der Waals surface area contributed by atoms with Gasteiger partial charge in [0.25, 0.3) is 0 Å². The lowest BCUT2D eigenvalue weighted by Gasteiger charge is -2.34. The summed E-state index contributed by atoms with van der Waals surface area (Å²) in [7, 11) is 1.61. The van der Waals surface area contributed by atoms with Gasteiger partial charge in [-0.05, 0) is 51.5 Å². The van der Waals surface area contributed by atoms with E-state index in [2.05, 4.69) is 0 Å². The van der Waals surface area contributed by atoms with Crippen molar-refractivity contribution in [1.29, 1.82) is 0 Å². The SMILES string of the molecule is COc1cc(/C=C/C(=O)N2CC(C)OC(C)C2)ccc1OC(C)C. The second-order valence-electron chi connectivity index (χ2n) is 6.41. The maximum Gasteiger partial charge on any atom is 0.246 e. The fraction of sp³-hybridized carbons (Fsp3) is 0.526. The molecule has 1 heterocycles. The molecule has 0 radical (unpaired) electrons. The van der Waals surface area contributed by atoms with E-state index in [4.69, 9.17) is 14.2 Å². The van der Waals surface area contributed by atoms with Crippen LogP contribution in [0.2, 0.25) is 0 Å². The molecule has 1 aromatic carbocycles. The molecule has 5 nitrogen and oxygen atoms in total. The van der Waals surface area contributed by atoms with Crippen LogP contribution >= 0.6 is 0 Å². The zero-order chi connectivity index (χ0) is 17.7. The summed E-state index contributed by atoms with van der Waals surface area (Å²) in [5, 5.41) is 0. The normalized spacial score (nSPS) is 21.3. The summed E-state index contributed by atoms with van der Waals surface area (Å²) in [5.74, 6) is 1.36. The van der Waals surface area contributed by atoms with Gasteiger partial charge in [-0.3, -0.25) is 4.79 Å². The Hall–Kier alpha value is -2.01. The van der Waals surface area contributed by atoms with E-state index >= 15 is 0 Å². The first-order chi connectivity index (χ1) is 11.4. The molecular formula is C19H27NO4. The lowest BCUT2D eigenvalue weighted by atomic mass is 10.1. The van der Waals surface area contributed by atoms with Crippen molar-refractivity contribution in [1.82, 2.24) is 4.90 Å². The van der Waals surface area contributed by atoms with E-state index in [-0.39, 0.29) is 24.2 Å². The minimum absolute atomic E-state index is 0.00141. The van der Waals surface area contributed by atoms with Crippen LogP contribution in [-0.2, 0) is 9.53 Å².